The molecule has 0 aliphatic heterocycles. The van der Waals surface area contributed by atoms with E-state index >= 15 is 0 Å². The van der Waals surface area contributed by atoms with Gasteiger partial charge in [0.15, 0.2) is 0 Å². The van der Waals surface area contributed by atoms with Crippen LogP contribution in [0, 0.1) is 6.92 Å². The van der Waals surface area contributed by atoms with E-state index in [2.05, 4.69) is 54.8 Å². The number of rotatable bonds is 2. The van der Waals surface area contributed by atoms with Crippen molar-refractivity contribution in [1.82, 2.24) is 4.57 Å². The summed E-state index contributed by atoms with van der Waals surface area (Å²) in [6, 6.07) is 12.8. The topological polar surface area (TPSA) is 25.2 Å². The van der Waals surface area contributed by atoms with Crippen molar-refractivity contribution >= 4 is 21.8 Å². The van der Waals surface area contributed by atoms with Crippen molar-refractivity contribution < 1.29 is 5.11 Å². The van der Waals surface area contributed by atoms with Crippen LogP contribution < -0.4 is 0 Å². The fraction of sp³-hybridized carbons (Fsp3) is 0.250. The maximum Gasteiger partial charge on any atom is 0.0684 e. The van der Waals surface area contributed by atoms with Crippen LogP contribution in [0.4, 0.5) is 0 Å². The van der Waals surface area contributed by atoms with Gasteiger partial charge in [0.25, 0.3) is 0 Å². The van der Waals surface area contributed by atoms with Gasteiger partial charge >= 0.3 is 0 Å². The maximum absolute atomic E-state index is 9.41. The Kier molecular flexibility index (Phi) is 2.60. The number of aryl methyl sites for hydroxylation is 2. The molecule has 0 radical (unpaired) electrons. The van der Waals surface area contributed by atoms with E-state index in [1.54, 1.807) is 0 Å². The normalized spacial score (nSPS) is 11.5. The van der Waals surface area contributed by atoms with E-state index in [1.165, 1.54) is 21.8 Å². The van der Waals surface area contributed by atoms with Gasteiger partial charge in [-0.1, -0.05) is 18.2 Å². The lowest BCUT2D eigenvalue weighted by molar-refractivity contribution is 0.281. The molecule has 18 heavy (non-hydrogen) atoms. The minimum Gasteiger partial charge on any atom is -0.392 e. The summed E-state index contributed by atoms with van der Waals surface area (Å²) in [6.45, 7) is 5.29. The zero-order valence-corrected chi connectivity index (χ0v) is 10.8. The zero-order chi connectivity index (χ0) is 12.7. The van der Waals surface area contributed by atoms with Gasteiger partial charge in [0.05, 0.1) is 6.61 Å². The number of nitrogens with zero attached hydrogens (tertiary/aromatic N) is 1. The first-order valence-electron chi connectivity index (χ1n) is 6.37. The zero-order valence-electron chi connectivity index (χ0n) is 10.8. The van der Waals surface area contributed by atoms with Crippen molar-refractivity contribution in [2.75, 3.05) is 0 Å². The van der Waals surface area contributed by atoms with Gasteiger partial charge in [0.1, 0.15) is 0 Å². The van der Waals surface area contributed by atoms with E-state index in [4.69, 9.17) is 0 Å². The molecule has 3 aromatic rings. The van der Waals surface area contributed by atoms with Gasteiger partial charge in [-0.25, -0.2) is 0 Å². The van der Waals surface area contributed by atoms with E-state index in [0.717, 1.165) is 17.7 Å². The molecule has 0 amide bonds. The number of hydrogen-bond acceptors (Lipinski definition) is 1. The van der Waals surface area contributed by atoms with Gasteiger partial charge in [-0.2, -0.15) is 0 Å². The molecular formula is C16H17NO. The molecule has 0 aliphatic carbocycles. The summed E-state index contributed by atoms with van der Waals surface area (Å²) in [7, 11) is 0. The van der Waals surface area contributed by atoms with Gasteiger partial charge < -0.3 is 9.67 Å². The molecule has 2 nitrogen and oxygen atoms in total. The Hall–Kier alpha value is -1.80. The third-order valence-corrected chi connectivity index (χ3v) is 3.72. The Bertz CT molecular complexity index is 725. The standard InChI is InChI=1S/C16H17NO/c1-3-17-15-7-5-4-6-13(15)14-9-12(10-18)11(2)8-16(14)17/h4-9,18H,3,10H2,1-2H3. The van der Waals surface area contributed by atoms with Crippen LogP contribution in [0.1, 0.15) is 18.1 Å². The van der Waals surface area contributed by atoms with E-state index in [-0.39, 0.29) is 6.61 Å². The summed E-state index contributed by atoms with van der Waals surface area (Å²) in [5, 5.41) is 11.9. The molecule has 92 valence electrons. The number of aromatic nitrogens is 1. The smallest absolute Gasteiger partial charge is 0.0684 e. The SMILES string of the molecule is CCn1c2ccccc2c2cc(CO)c(C)cc21. The van der Waals surface area contributed by atoms with Crippen LogP contribution in [0.25, 0.3) is 21.8 Å². The molecule has 0 aliphatic rings. The van der Waals surface area contributed by atoms with Crippen LogP contribution in [0.5, 0.6) is 0 Å². The van der Waals surface area contributed by atoms with Gasteiger partial charge in [0, 0.05) is 28.4 Å². The highest BCUT2D eigenvalue weighted by molar-refractivity contribution is 6.08. The average molecular weight is 239 g/mol. The number of hydrogen-bond donors (Lipinski definition) is 1. The van der Waals surface area contributed by atoms with Crippen LogP contribution in [0.3, 0.4) is 0 Å². The van der Waals surface area contributed by atoms with E-state index in [9.17, 15) is 5.11 Å². The molecule has 3 rings (SSSR count). The highest BCUT2D eigenvalue weighted by Crippen LogP contribution is 2.31. The average Bonchev–Trinajstić information content (AvgIpc) is 2.70. The summed E-state index contributed by atoms with van der Waals surface area (Å²) >= 11 is 0. The van der Waals surface area contributed by atoms with Crippen LogP contribution in [0.15, 0.2) is 36.4 Å². The molecule has 1 N–H and O–H groups in total. The van der Waals surface area contributed by atoms with Gasteiger partial charge in [-0.3, -0.25) is 0 Å². The van der Waals surface area contributed by atoms with E-state index in [1.807, 2.05) is 0 Å². The third kappa shape index (κ3) is 1.46. The maximum atomic E-state index is 9.41. The number of aliphatic hydroxyl groups excluding tert-OH is 1. The van der Waals surface area contributed by atoms with Crippen molar-refractivity contribution in [3.05, 3.63) is 47.5 Å². The second-order valence-corrected chi connectivity index (χ2v) is 4.72. The molecule has 0 spiro atoms. The molecule has 1 heterocycles. The Morgan fingerprint density at radius 1 is 1.06 bits per heavy atom. The minimum atomic E-state index is 0.105. The second-order valence-electron chi connectivity index (χ2n) is 4.72. The summed E-state index contributed by atoms with van der Waals surface area (Å²) < 4.78 is 2.33. The monoisotopic (exact) mass is 239 g/mol. The Balaban J connectivity index is 2.52. The van der Waals surface area contributed by atoms with Crippen molar-refractivity contribution in [2.45, 2.75) is 27.0 Å². The Morgan fingerprint density at radius 2 is 1.83 bits per heavy atom. The van der Waals surface area contributed by atoms with Crippen LogP contribution in [-0.4, -0.2) is 9.67 Å². The predicted molar refractivity (Wildman–Crippen MR) is 75.8 cm³/mol. The third-order valence-electron chi connectivity index (χ3n) is 3.72. The van der Waals surface area contributed by atoms with Gasteiger partial charge in [-0.05, 0) is 43.2 Å². The molecule has 1 aromatic heterocycles. The van der Waals surface area contributed by atoms with E-state index < -0.39 is 0 Å². The molecular weight excluding hydrogens is 222 g/mol. The lowest BCUT2D eigenvalue weighted by atomic mass is 10.0. The lowest BCUT2D eigenvalue weighted by Crippen LogP contribution is -1.94. The fourth-order valence-corrected chi connectivity index (χ4v) is 2.75. The summed E-state index contributed by atoms with van der Waals surface area (Å²) in [4.78, 5) is 0. The van der Waals surface area contributed by atoms with Gasteiger partial charge in [-0.15, -0.1) is 0 Å². The predicted octanol–water partition coefficient (Wildman–Crippen LogP) is 3.62. The van der Waals surface area contributed by atoms with Crippen molar-refractivity contribution in [1.29, 1.82) is 0 Å². The first-order valence-corrected chi connectivity index (χ1v) is 6.37. The highest BCUT2D eigenvalue weighted by atomic mass is 16.3. The van der Waals surface area contributed by atoms with Crippen molar-refractivity contribution in [3.8, 4) is 0 Å². The molecule has 0 saturated carbocycles. The summed E-state index contributed by atoms with van der Waals surface area (Å²) in [5.41, 5.74) is 4.70. The summed E-state index contributed by atoms with van der Waals surface area (Å²) in [5.74, 6) is 0. The first kappa shape index (κ1) is 11.3. The number of para-hydroxylation sites is 1. The Labute approximate surface area is 106 Å². The largest absolute Gasteiger partial charge is 0.392 e. The molecule has 0 saturated heterocycles. The summed E-state index contributed by atoms with van der Waals surface area (Å²) in [6.07, 6.45) is 0. The van der Waals surface area contributed by atoms with Crippen LogP contribution >= 0.6 is 0 Å². The Morgan fingerprint density at radius 3 is 2.56 bits per heavy atom. The van der Waals surface area contributed by atoms with Crippen molar-refractivity contribution in [3.63, 3.8) is 0 Å². The lowest BCUT2D eigenvalue weighted by Gasteiger charge is -2.06. The number of benzene rings is 2. The van der Waals surface area contributed by atoms with Crippen LogP contribution in [-0.2, 0) is 13.2 Å². The molecule has 0 unspecified atom stereocenters. The number of aliphatic hydroxyl groups is 1. The van der Waals surface area contributed by atoms with Gasteiger partial charge in [0.2, 0.25) is 0 Å². The molecule has 0 atom stereocenters. The van der Waals surface area contributed by atoms with E-state index in [0.29, 0.717) is 0 Å². The highest BCUT2D eigenvalue weighted by Gasteiger charge is 2.10. The molecule has 0 bridgehead atoms. The quantitative estimate of drug-likeness (QED) is 0.726. The number of fused-ring (bicyclic) bond motifs is 3. The molecule has 0 fully saturated rings. The second kappa shape index (κ2) is 4.14. The van der Waals surface area contributed by atoms with Crippen molar-refractivity contribution in [2.24, 2.45) is 0 Å². The molecule has 2 heteroatoms. The molecule has 2 aromatic carbocycles. The minimum absolute atomic E-state index is 0.105. The fourth-order valence-electron chi connectivity index (χ4n) is 2.75. The van der Waals surface area contributed by atoms with Crippen LogP contribution in [0.2, 0.25) is 0 Å². The first-order chi connectivity index (χ1) is 8.76.